The lowest BCUT2D eigenvalue weighted by molar-refractivity contribution is -0.126. The molecule has 170 valence electrons. The van der Waals surface area contributed by atoms with Gasteiger partial charge in [-0.25, -0.2) is 4.39 Å². The van der Waals surface area contributed by atoms with E-state index in [1.54, 1.807) is 23.1 Å². The third-order valence-corrected chi connectivity index (χ3v) is 5.47. The molecule has 2 aromatic carbocycles. The number of benzene rings is 2. The summed E-state index contributed by atoms with van der Waals surface area (Å²) in [6, 6.07) is 10.5. The molecule has 4 rings (SSSR count). The van der Waals surface area contributed by atoms with E-state index in [0.29, 0.717) is 42.2 Å². The van der Waals surface area contributed by atoms with Crippen LogP contribution in [0.4, 0.5) is 4.39 Å². The van der Waals surface area contributed by atoms with Crippen LogP contribution >= 0.6 is 0 Å². The molecule has 2 aromatic rings. The summed E-state index contributed by atoms with van der Waals surface area (Å²) in [5.74, 6) is 0.547. The van der Waals surface area contributed by atoms with Crippen LogP contribution in [-0.2, 0) is 4.79 Å². The summed E-state index contributed by atoms with van der Waals surface area (Å²) >= 11 is 0. The van der Waals surface area contributed by atoms with E-state index in [2.05, 4.69) is 5.32 Å². The van der Waals surface area contributed by atoms with E-state index in [-0.39, 0.29) is 44.2 Å². The number of rotatable bonds is 7. The van der Waals surface area contributed by atoms with Crippen LogP contribution in [0.1, 0.15) is 23.2 Å². The first-order valence-electron chi connectivity index (χ1n) is 10.5. The number of amides is 2. The van der Waals surface area contributed by atoms with Gasteiger partial charge in [-0.2, -0.15) is 0 Å². The fraction of sp³-hybridized carbons (Fsp3) is 0.391. The van der Waals surface area contributed by atoms with Gasteiger partial charge in [-0.1, -0.05) is 0 Å². The van der Waals surface area contributed by atoms with Gasteiger partial charge >= 0.3 is 0 Å². The molecule has 2 amide bonds. The number of carbonyl (C=O) groups excluding carboxylic acids is 2. The molecule has 8 nitrogen and oxygen atoms in total. The zero-order valence-corrected chi connectivity index (χ0v) is 17.5. The molecule has 9 heteroatoms. The van der Waals surface area contributed by atoms with E-state index in [1.165, 1.54) is 24.3 Å². The molecule has 0 spiro atoms. The monoisotopic (exact) mass is 444 g/mol. The van der Waals surface area contributed by atoms with E-state index >= 15 is 0 Å². The first-order chi connectivity index (χ1) is 15.5. The molecular weight excluding hydrogens is 419 g/mol. The van der Waals surface area contributed by atoms with Crippen LogP contribution in [-0.4, -0.2) is 61.0 Å². The number of piperidine rings is 1. The summed E-state index contributed by atoms with van der Waals surface area (Å²) in [4.78, 5) is 26.8. The Morgan fingerprint density at radius 1 is 1.19 bits per heavy atom. The number of likely N-dealkylation sites (tertiary alicyclic amines) is 1. The highest BCUT2D eigenvalue weighted by atomic mass is 19.1. The highest BCUT2D eigenvalue weighted by Gasteiger charge is 2.29. The number of fused-ring (bicyclic) bond motifs is 1. The summed E-state index contributed by atoms with van der Waals surface area (Å²) in [5, 5.41) is 12.9. The summed E-state index contributed by atoms with van der Waals surface area (Å²) in [5.41, 5.74) is 0.392. The average molecular weight is 444 g/mol. The number of aliphatic hydroxyl groups is 1. The Morgan fingerprint density at radius 2 is 1.97 bits per heavy atom. The highest BCUT2D eigenvalue weighted by molar-refractivity contribution is 5.94. The van der Waals surface area contributed by atoms with Gasteiger partial charge in [0.2, 0.25) is 12.7 Å². The zero-order chi connectivity index (χ0) is 22.5. The molecule has 2 aliphatic rings. The Balaban J connectivity index is 1.22. The van der Waals surface area contributed by atoms with Crippen molar-refractivity contribution in [2.45, 2.75) is 18.9 Å². The predicted octanol–water partition coefficient (Wildman–Crippen LogP) is 1.96. The van der Waals surface area contributed by atoms with Crippen LogP contribution in [0.2, 0.25) is 0 Å². The molecule has 2 heterocycles. The number of nitrogens with zero attached hydrogens (tertiary/aromatic N) is 1. The van der Waals surface area contributed by atoms with E-state index in [9.17, 15) is 19.1 Å². The Labute approximate surface area is 184 Å². The zero-order valence-electron chi connectivity index (χ0n) is 17.5. The van der Waals surface area contributed by atoms with E-state index in [0.717, 1.165) is 0 Å². The van der Waals surface area contributed by atoms with Gasteiger partial charge in [-0.05, 0) is 49.2 Å². The van der Waals surface area contributed by atoms with Crippen LogP contribution < -0.4 is 19.5 Å². The second kappa shape index (κ2) is 9.86. The van der Waals surface area contributed by atoms with Crippen molar-refractivity contribution in [2.24, 2.45) is 5.92 Å². The molecule has 2 aliphatic heterocycles. The Bertz CT molecular complexity index is 967. The molecule has 0 saturated carbocycles. The maximum absolute atomic E-state index is 13.1. The van der Waals surface area contributed by atoms with E-state index in [1.807, 2.05) is 0 Å². The van der Waals surface area contributed by atoms with Crippen LogP contribution in [0.5, 0.6) is 17.2 Å². The molecule has 1 saturated heterocycles. The minimum absolute atomic E-state index is 0.000230. The lowest BCUT2D eigenvalue weighted by atomic mass is 9.96. The summed E-state index contributed by atoms with van der Waals surface area (Å²) in [7, 11) is 0. The Kier molecular flexibility index (Phi) is 6.75. The normalized spacial score (nSPS) is 18.2. The minimum atomic E-state index is -0.898. The average Bonchev–Trinajstić information content (AvgIpc) is 3.29. The smallest absolute Gasteiger partial charge is 0.253 e. The van der Waals surface area contributed by atoms with Gasteiger partial charge in [0.05, 0.1) is 5.92 Å². The van der Waals surface area contributed by atoms with Crippen LogP contribution in [0.3, 0.4) is 0 Å². The summed E-state index contributed by atoms with van der Waals surface area (Å²) in [6.07, 6.45) is 0.453. The van der Waals surface area contributed by atoms with Crippen molar-refractivity contribution in [2.75, 3.05) is 33.0 Å². The van der Waals surface area contributed by atoms with E-state index in [4.69, 9.17) is 14.2 Å². The third-order valence-electron chi connectivity index (χ3n) is 5.47. The van der Waals surface area contributed by atoms with Gasteiger partial charge in [0, 0.05) is 31.3 Å². The van der Waals surface area contributed by atoms with Crippen molar-refractivity contribution in [3.63, 3.8) is 0 Å². The van der Waals surface area contributed by atoms with Crippen LogP contribution in [0, 0.1) is 11.7 Å². The van der Waals surface area contributed by atoms with Gasteiger partial charge < -0.3 is 29.5 Å². The first kappa shape index (κ1) is 21.9. The van der Waals surface area contributed by atoms with Gasteiger partial charge in [0.25, 0.3) is 5.91 Å². The van der Waals surface area contributed by atoms with Crippen molar-refractivity contribution in [3.05, 3.63) is 53.8 Å². The standard InChI is InChI=1S/C23H25FN2O6/c24-17-5-3-15(4-6-17)23(29)26-9-1-2-16(12-26)22(28)25-11-18(27)13-30-19-7-8-20-21(10-19)32-14-31-20/h3-8,10,16,18,27H,1-2,9,11-14H2,(H,25,28). The first-order valence-corrected chi connectivity index (χ1v) is 10.5. The highest BCUT2D eigenvalue weighted by Crippen LogP contribution is 2.35. The molecular formula is C23H25FN2O6. The third kappa shape index (κ3) is 5.28. The number of aliphatic hydroxyl groups excluding tert-OH is 1. The largest absolute Gasteiger partial charge is 0.491 e. The molecule has 1 fully saturated rings. The van der Waals surface area contributed by atoms with Crippen molar-refractivity contribution in [1.82, 2.24) is 10.2 Å². The predicted molar refractivity (Wildman–Crippen MR) is 112 cm³/mol. The Hall–Kier alpha value is -3.33. The number of ether oxygens (including phenoxy) is 3. The minimum Gasteiger partial charge on any atom is -0.491 e. The number of hydrogen-bond donors (Lipinski definition) is 2. The number of halogens is 1. The Morgan fingerprint density at radius 3 is 2.78 bits per heavy atom. The number of carbonyl (C=O) groups is 2. The number of nitrogens with one attached hydrogen (secondary N) is 1. The summed E-state index contributed by atoms with van der Waals surface area (Å²) < 4.78 is 29.2. The molecule has 0 radical (unpaired) electrons. The lowest BCUT2D eigenvalue weighted by Crippen LogP contribution is -2.47. The molecule has 0 bridgehead atoms. The van der Waals surface area contributed by atoms with Crippen molar-refractivity contribution < 1.29 is 33.3 Å². The lowest BCUT2D eigenvalue weighted by Gasteiger charge is -2.32. The van der Waals surface area contributed by atoms with Crippen LogP contribution in [0.25, 0.3) is 0 Å². The van der Waals surface area contributed by atoms with Gasteiger partial charge in [0.1, 0.15) is 24.3 Å². The maximum atomic E-state index is 13.1. The fourth-order valence-electron chi connectivity index (χ4n) is 3.73. The van der Waals surface area contributed by atoms with Crippen molar-refractivity contribution >= 4 is 11.8 Å². The molecule has 2 unspecified atom stereocenters. The fourth-order valence-corrected chi connectivity index (χ4v) is 3.73. The van der Waals surface area contributed by atoms with Crippen molar-refractivity contribution in [3.8, 4) is 17.2 Å². The van der Waals surface area contributed by atoms with Crippen molar-refractivity contribution in [1.29, 1.82) is 0 Å². The second-order valence-electron chi connectivity index (χ2n) is 7.82. The summed E-state index contributed by atoms with van der Waals surface area (Å²) in [6.45, 7) is 1.03. The quantitative estimate of drug-likeness (QED) is 0.678. The number of hydrogen-bond acceptors (Lipinski definition) is 6. The molecule has 2 atom stereocenters. The maximum Gasteiger partial charge on any atom is 0.253 e. The molecule has 0 aromatic heterocycles. The molecule has 2 N–H and O–H groups in total. The molecule has 0 aliphatic carbocycles. The second-order valence-corrected chi connectivity index (χ2v) is 7.82. The van der Waals surface area contributed by atoms with E-state index < -0.39 is 11.9 Å². The SMILES string of the molecule is O=C(NCC(O)COc1ccc2c(c1)OCO2)C1CCCN(C(=O)c2ccc(F)cc2)C1. The van der Waals surface area contributed by atoms with Gasteiger partial charge in [-0.3, -0.25) is 9.59 Å². The van der Waals surface area contributed by atoms with Gasteiger partial charge in [-0.15, -0.1) is 0 Å². The van der Waals surface area contributed by atoms with Gasteiger partial charge in [0.15, 0.2) is 11.5 Å². The topological polar surface area (TPSA) is 97.3 Å². The van der Waals surface area contributed by atoms with Crippen LogP contribution in [0.15, 0.2) is 42.5 Å². The molecule has 32 heavy (non-hydrogen) atoms.